The van der Waals surface area contributed by atoms with Crippen LogP contribution in [0.1, 0.15) is 26.7 Å². The molecular weight excluding hydrogens is 164 g/mol. The average Bonchev–Trinajstić information content (AvgIpc) is 2.57. The molecule has 0 aliphatic carbocycles. The van der Waals surface area contributed by atoms with Crippen LogP contribution in [0.25, 0.3) is 0 Å². The largest absolute Gasteiger partial charge is 0.393 e. The van der Waals surface area contributed by atoms with Crippen LogP contribution in [-0.4, -0.2) is 24.9 Å². The van der Waals surface area contributed by atoms with Crippen LogP contribution in [-0.2, 0) is 4.84 Å². The number of nitrogens with one attached hydrogen (secondary N) is 1. The monoisotopic (exact) mass is 180 g/mol. The molecule has 1 atom stereocenters. The van der Waals surface area contributed by atoms with Gasteiger partial charge in [-0.15, -0.1) is 0 Å². The molecule has 72 valence electrons. The van der Waals surface area contributed by atoms with Crippen LogP contribution < -0.4 is 5.32 Å². The second kappa shape index (κ2) is 5.60. The number of nitrogens with zero attached hydrogens (tertiary/aromatic N) is 1. The Labute approximate surface area is 79.5 Å². The zero-order valence-electron chi connectivity index (χ0n) is 8.26. The van der Waals surface area contributed by atoms with E-state index in [9.17, 15) is 0 Å². The second-order valence-electron chi connectivity index (χ2n) is 3.14. The van der Waals surface area contributed by atoms with Gasteiger partial charge in [0.25, 0.3) is 0 Å². The number of hydrogen-bond donors (Lipinski definition) is 1. The molecule has 1 rings (SSSR count). The quantitative estimate of drug-likeness (QED) is 0.401. The maximum absolute atomic E-state index is 5.15. The van der Waals surface area contributed by atoms with Gasteiger partial charge in [0.2, 0.25) is 0 Å². The third-order valence-corrected chi connectivity index (χ3v) is 1.95. The molecule has 1 N–H and O–H groups in total. The van der Waals surface area contributed by atoms with Crippen molar-refractivity contribution in [3.63, 3.8) is 0 Å². The van der Waals surface area contributed by atoms with E-state index in [0.29, 0.717) is 12.6 Å². The minimum atomic E-state index is 0.478. The van der Waals surface area contributed by atoms with Gasteiger partial charge < -0.3 is 10.2 Å². The molecule has 1 heterocycles. The van der Waals surface area contributed by atoms with Crippen LogP contribution in [0.5, 0.6) is 0 Å². The minimum absolute atomic E-state index is 0.478. The van der Waals surface area contributed by atoms with Gasteiger partial charge in [0, 0.05) is 6.04 Å². The van der Waals surface area contributed by atoms with Crippen molar-refractivity contribution in [3.8, 4) is 11.8 Å². The van der Waals surface area contributed by atoms with Crippen molar-refractivity contribution in [3.05, 3.63) is 0 Å². The summed E-state index contributed by atoms with van der Waals surface area (Å²) in [6.07, 6.45) is 2.43. The molecule has 1 fully saturated rings. The van der Waals surface area contributed by atoms with Crippen molar-refractivity contribution in [1.29, 1.82) is 0 Å². The van der Waals surface area contributed by atoms with Crippen molar-refractivity contribution >= 4 is 5.71 Å². The highest BCUT2D eigenvalue weighted by Gasteiger charge is 2.13. The summed E-state index contributed by atoms with van der Waals surface area (Å²) in [7, 11) is 0. The summed E-state index contributed by atoms with van der Waals surface area (Å²) in [5, 5.41) is 7.21. The third kappa shape index (κ3) is 3.95. The van der Waals surface area contributed by atoms with Gasteiger partial charge in [0.1, 0.15) is 12.3 Å². The normalized spacial score (nSPS) is 22.3. The molecule has 1 aliphatic heterocycles. The van der Waals surface area contributed by atoms with E-state index < -0.39 is 0 Å². The minimum Gasteiger partial charge on any atom is -0.393 e. The Morgan fingerprint density at radius 1 is 1.69 bits per heavy atom. The number of rotatable bonds is 3. The molecule has 0 radical (unpaired) electrons. The van der Waals surface area contributed by atoms with Crippen molar-refractivity contribution in [2.24, 2.45) is 5.16 Å². The molecule has 0 aromatic rings. The van der Waals surface area contributed by atoms with Gasteiger partial charge in [0.15, 0.2) is 0 Å². The zero-order chi connectivity index (χ0) is 9.52. The molecule has 0 aromatic carbocycles. The summed E-state index contributed by atoms with van der Waals surface area (Å²) < 4.78 is 0. The smallest absolute Gasteiger partial charge is 0.132 e. The van der Waals surface area contributed by atoms with Crippen LogP contribution >= 0.6 is 0 Å². The van der Waals surface area contributed by atoms with E-state index in [4.69, 9.17) is 4.84 Å². The molecule has 0 saturated carbocycles. The Kier molecular flexibility index (Phi) is 4.34. The highest BCUT2D eigenvalue weighted by atomic mass is 16.6. The fourth-order valence-electron chi connectivity index (χ4n) is 1.33. The summed E-state index contributed by atoms with van der Waals surface area (Å²) in [4.78, 5) is 5.15. The predicted octanol–water partition coefficient (Wildman–Crippen LogP) is 1.15. The van der Waals surface area contributed by atoms with Crippen molar-refractivity contribution in [1.82, 2.24) is 5.32 Å². The van der Waals surface area contributed by atoms with E-state index in [1.165, 1.54) is 12.8 Å². The molecule has 0 amide bonds. The molecule has 0 spiro atoms. The Morgan fingerprint density at radius 3 is 3.15 bits per heavy atom. The first-order valence-electron chi connectivity index (χ1n) is 4.65. The van der Waals surface area contributed by atoms with Crippen molar-refractivity contribution < 1.29 is 4.84 Å². The van der Waals surface area contributed by atoms with Crippen LogP contribution in [0.15, 0.2) is 5.16 Å². The Hall–Kier alpha value is -1.01. The first kappa shape index (κ1) is 10.1. The van der Waals surface area contributed by atoms with Gasteiger partial charge in [-0.1, -0.05) is 11.1 Å². The van der Waals surface area contributed by atoms with E-state index in [2.05, 4.69) is 22.3 Å². The molecule has 1 aliphatic rings. The van der Waals surface area contributed by atoms with Crippen molar-refractivity contribution in [2.75, 3.05) is 13.2 Å². The van der Waals surface area contributed by atoms with Gasteiger partial charge in [-0.2, -0.15) is 0 Å². The summed E-state index contributed by atoms with van der Waals surface area (Å²) in [6, 6.07) is 0.478. The van der Waals surface area contributed by atoms with Gasteiger partial charge in [0.05, 0.1) is 0 Å². The Bertz CT molecular complexity index is 231. The van der Waals surface area contributed by atoms with Gasteiger partial charge in [-0.25, -0.2) is 0 Å². The van der Waals surface area contributed by atoms with Gasteiger partial charge >= 0.3 is 0 Å². The fraction of sp³-hybridized carbons (Fsp3) is 0.700. The van der Waals surface area contributed by atoms with Crippen LogP contribution in [0.2, 0.25) is 0 Å². The van der Waals surface area contributed by atoms with Crippen LogP contribution in [0, 0.1) is 11.8 Å². The standard InChI is InChI=1S/C10H16N2O/c1-3-5-9(2)12-13-8-10-6-4-7-11-10/h10-11H,4,6-8H2,1-2H3/b12-9-/t10-/m0/s1. The third-order valence-electron chi connectivity index (χ3n) is 1.95. The maximum Gasteiger partial charge on any atom is 0.132 e. The molecular formula is C10H16N2O. The molecule has 3 heteroatoms. The zero-order valence-corrected chi connectivity index (χ0v) is 8.26. The van der Waals surface area contributed by atoms with E-state index in [1.807, 2.05) is 6.92 Å². The summed E-state index contributed by atoms with van der Waals surface area (Å²) in [5.41, 5.74) is 0.737. The fourth-order valence-corrected chi connectivity index (χ4v) is 1.33. The molecule has 0 unspecified atom stereocenters. The summed E-state index contributed by atoms with van der Waals surface area (Å²) in [6.45, 7) is 5.39. The lowest BCUT2D eigenvalue weighted by atomic mass is 10.2. The average molecular weight is 180 g/mol. The summed E-state index contributed by atoms with van der Waals surface area (Å²) >= 11 is 0. The van der Waals surface area contributed by atoms with Crippen LogP contribution in [0.4, 0.5) is 0 Å². The lowest BCUT2D eigenvalue weighted by molar-refractivity contribution is 0.125. The van der Waals surface area contributed by atoms with E-state index >= 15 is 0 Å². The highest BCUT2D eigenvalue weighted by Crippen LogP contribution is 2.04. The summed E-state index contributed by atoms with van der Waals surface area (Å²) in [5.74, 6) is 5.59. The topological polar surface area (TPSA) is 33.6 Å². The SMILES string of the molecule is CC#C/C(C)=N\OC[C@@H]1CCCN1. The maximum atomic E-state index is 5.15. The van der Waals surface area contributed by atoms with Gasteiger partial charge in [-0.05, 0) is 39.2 Å². The first-order valence-corrected chi connectivity index (χ1v) is 4.65. The van der Waals surface area contributed by atoms with E-state index in [-0.39, 0.29) is 0 Å². The predicted molar refractivity (Wildman–Crippen MR) is 53.5 cm³/mol. The Balaban J connectivity index is 2.17. The number of hydrogen-bond acceptors (Lipinski definition) is 3. The second-order valence-corrected chi connectivity index (χ2v) is 3.14. The molecule has 13 heavy (non-hydrogen) atoms. The van der Waals surface area contributed by atoms with Crippen LogP contribution in [0.3, 0.4) is 0 Å². The number of oxime groups is 1. The van der Waals surface area contributed by atoms with E-state index in [0.717, 1.165) is 12.3 Å². The van der Waals surface area contributed by atoms with Crippen molar-refractivity contribution in [2.45, 2.75) is 32.7 Å². The molecule has 0 bridgehead atoms. The first-order chi connectivity index (χ1) is 6.33. The molecule has 1 saturated heterocycles. The lowest BCUT2D eigenvalue weighted by Crippen LogP contribution is -2.25. The highest BCUT2D eigenvalue weighted by molar-refractivity contribution is 5.97. The molecule has 3 nitrogen and oxygen atoms in total. The Morgan fingerprint density at radius 2 is 2.54 bits per heavy atom. The van der Waals surface area contributed by atoms with Gasteiger partial charge in [-0.3, -0.25) is 0 Å². The lowest BCUT2D eigenvalue weighted by Gasteiger charge is -2.07. The van der Waals surface area contributed by atoms with E-state index in [1.54, 1.807) is 6.92 Å². The molecule has 0 aromatic heterocycles.